The molecule has 168 valence electrons. The maximum absolute atomic E-state index is 13.5. The number of rotatable bonds is 8. The van der Waals surface area contributed by atoms with E-state index in [1.165, 1.54) is 0 Å². The van der Waals surface area contributed by atoms with Crippen LogP contribution in [0, 0.1) is 6.92 Å². The van der Waals surface area contributed by atoms with Crippen molar-refractivity contribution in [2.45, 2.75) is 32.4 Å². The zero-order valence-corrected chi connectivity index (χ0v) is 19.9. The van der Waals surface area contributed by atoms with Gasteiger partial charge in [0.25, 0.3) is 0 Å². The topological polar surface area (TPSA) is 66.5 Å². The molecule has 0 spiro atoms. The number of amides is 1. The van der Waals surface area contributed by atoms with Gasteiger partial charge in [-0.2, -0.15) is 0 Å². The third-order valence-corrected chi connectivity index (χ3v) is 6.67. The summed E-state index contributed by atoms with van der Waals surface area (Å²) >= 11 is 5.97. The second kappa shape index (κ2) is 10.2. The number of hydrogen-bond acceptors (Lipinski definition) is 3. The summed E-state index contributed by atoms with van der Waals surface area (Å²) in [7, 11) is -3.73. The predicted molar refractivity (Wildman–Crippen MR) is 130 cm³/mol. The van der Waals surface area contributed by atoms with Crippen LogP contribution in [0.5, 0.6) is 0 Å². The van der Waals surface area contributed by atoms with Gasteiger partial charge in [0.2, 0.25) is 15.9 Å². The van der Waals surface area contributed by atoms with Gasteiger partial charge in [-0.1, -0.05) is 78.7 Å². The first-order chi connectivity index (χ1) is 15.2. The first-order valence-corrected chi connectivity index (χ1v) is 12.6. The minimum absolute atomic E-state index is 0.303. The Hall–Kier alpha value is -2.83. The van der Waals surface area contributed by atoms with E-state index in [2.05, 4.69) is 5.32 Å². The Kier molecular flexibility index (Phi) is 7.59. The molecule has 0 saturated heterocycles. The average molecular weight is 471 g/mol. The van der Waals surface area contributed by atoms with Crippen LogP contribution in [-0.4, -0.2) is 26.6 Å². The zero-order chi connectivity index (χ0) is 23.3. The highest BCUT2D eigenvalue weighted by Crippen LogP contribution is 2.27. The Bertz CT molecular complexity index is 1150. The molecule has 3 aromatic carbocycles. The van der Waals surface area contributed by atoms with E-state index in [9.17, 15) is 13.2 Å². The van der Waals surface area contributed by atoms with Crippen molar-refractivity contribution in [3.8, 4) is 0 Å². The number of carbonyl (C=O) groups is 1. The van der Waals surface area contributed by atoms with Crippen LogP contribution in [0.1, 0.15) is 36.1 Å². The van der Waals surface area contributed by atoms with Gasteiger partial charge < -0.3 is 5.32 Å². The summed E-state index contributed by atoms with van der Waals surface area (Å²) < 4.78 is 26.6. The molecule has 5 nitrogen and oxygen atoms in total. The Morgan fingerprint density at radius 1 is 0.938 bits per heavy atom. The molecule has 1 amide bonds. The molecule has 0 radical (unpaired) electrons. The fourth-order valence-corrected chi connectivity index (χ4v) is 4.99. The summed E-state index contributed by atoms with van der Waals surface area (Å²) in [6.07, 6.45) is 1.41. The van der Waals surface area contributed by atoms with Crippen molar-refractivity contribution in [3.05, 3.63) is 101 Å². The Morgan fingerprint density at radius 2 is 1.50 bits per heavy atom. The van der Waals surface area contributed by atoms with Gasteiger partial charge in [0.1, 0.15) is 6.04 Å². The minimum Gasteiger partial charge on any atom is -0.343 e. The first-order valence-electron chi connectivity index (χ1n) is 10.4. The number of anilines is 1. The van der Waals surface area contributed by atoms with E-state index < -0.39 is 22.1 Å². The fraction of sp³-hybridized carbons (Fsp3) is 0.240. The Balaban J connectivity index is 1.98. The highest BCUT2D eigenvalue weighted by Gasteiger charge is 2.33. The molecule has 0 fully saturated rings. The largest absolute Gasteiger partial charge is 0.343 e. The Labute approximate surface area is 195 Å². The van der Waals surface area contributed by atoms with Crippen molar-refractivity contribution in [1.82, 2.24) is 5.32 Å². The van der Waals surface area contributed by atoms with Crippen molar-refractivity contribution in [3.63, 3.8) is 0 Å². The van der Waals surface area contributed by atoms with Crippen LogP contribution in [0.3, 0.4) is 0 Å². The lowest BCUT2D eigenvalue weighted by molar-refractivity contribution is -0.122. The van der Waals surface area contributed by atoms with Gasteiger partial charge in [-0.3, -0.25) is 9.10 Å². The lowest BCUT2D eigenvalue weighted by Crippen LogP contribution is -2.50. The van der Waals surface area contributed by atoms with Crippen LogP contribution in [0.15, 0.2) is 78.9 Å². The smallest absolute Gasteiger partial charge is 0.244 e. The van der Waals surface area contributed by atoms with Gasteiger partial charge in [-0.15, -0.1) is 0 Å². The molecule has 0 saturated carbocycles. The molecule has 0 aliphatic rings. The van der Waals surface area contributed by atoms with Gasteiger partial charge in [0, 0.05) is 5.02 Å². The predicted octanol–water partition coefficient (Wildman–Crippen LogP) is 5.10. The monoisotopic (exact) mass is 470 g/mol. The van der Waals surface area contributed by atoms with Crippen molar-refractivity contribution in [2.75, 3.05) is 10.6 Å². The van der Waals surface area contributed by atoms with E-state index in [0.29, 0.717) is 17.1 Å². The molecule has 7 heteroatoms. The van der Waals surface area contributed by atoms with E-state index in [1.54, 1.807) is 31.2 Å². The second-order valence-corrected chi connectivity index (χ2v) is 10.0. The average Bonchev–Trinajstić information content (AvgIpc) is 2.77. The number of benzene rings is 3. The molecular weight excluding hydrogens is 444 g/mol. The second-order valence-electron chi connectivity index (χ2n) is 7.72. The minimum atomic E-state index is -3.73. The van der Waals surface area contributed by atoms with Gasteiger partial charge in [0.15, 0.2) is 0 Å². The zero-order valence-electron chi connectivity index (χ0n) is 18.3. The number of hydrogen-bond donors (Lipinski definition) is 1. The van der Waals surface area contributed by atoms with Gasteiger partial charge in [-0.25, -0.2) is 8.42 Å². The van der Waals surface area contributed by atoms with Crippen LogP contribution in [0.4, 0.5) is 5.69 Å². The number of halogens is 1. The SMILES string of the molecule is CC[C@@H](C(=O)N[C@H](c1ccccc1)c1ccc(C)cc1)N(c1ccc(Cl)cc1)S(C)(=O)=O. The Morgan fingerprint density at radius 3 is 2.03 bits per heavy atom. The molecule has 0 aromatic heterocycles. The third-order valence-electron chi connectivity index (χ3n) is 5.24. The fourth-order valence-electron chi connectivity index (χ4n) is 3.65. The normalized spacial score (nSPS) is 13.2. The van der Waals surface area contributed by atoms with Crippen LogP contribution in [0.25, 0.3) is 0 Å². The van der Waals surface area contributed by atoms with E-state index in [1.807, 2.05) is 61.5 Å². The standard InChI is InChI=1S/C25H27ClN2O3S/c1-4-23(28(32(3,30)31)22-16-14-21(26)15-17-22)25(29)27-24(19-8-6-5-7-9-19)20-12-10-18(2)11-13-20/h5-17,23-24H,4H2,1-3H3,(H,27,29)/t23-,24+/m0/s1. The highest BCUT2D eigenvalue weighted by atomic mass is 35.5. The summed E-state index contributed by atoms with van der Waals surface area (Å²) in [4.78, 5) is 13.5. The van der Waals surface area contributed by atoms with Crippen molar-refractivity contribution in [2.24, 2.45) is 0 Å². The highest BCUT2D eigenvalue weighted by molar-refractivity contribution is 7.92. The molecule has 0 unspecified atom stereocenters. The summed E-state index contributed by atoms with van der Waals surface area (Å²) in [5, 5.41) is 3.57. The first kappa shape index (κ1) is 23.8. The van der Waals surface area contributed by atoms with Crippen molar-refractivity contribution >= 4 is 33.2 Å². The number of sulfonamides is 1. The lowest BCUT2D eigenvalue weighted by Gasteiger charge is -2.31. The molecule has 2 atom stereocenters. The number of nitrogens with one attached hydrogen (secondary N) is 1. The molecule has 0 aliphatic carbocycles. The molecular formula is C25H27ClN2O3S. The van der Waals surface area contributed by atoms with E-state index in [0.717, 1.165) is 27.3 Å². The van der Waals surface area contributed by atoms with Crippen molar-refractivity contribution < 1.29 is 13.2 Å². The number of nitrogens with zero attached hydrogens (tertiary/aromatic N) is 1. The summed E-state index contributed by atoms with van der Waals surface area (Å²) in [6.45, 7) is 3.80. The molecule has 1 N–H and O–H groups in total. The van der Waals surface area contributed by atoms with Gasteiger partial charge in [0.05, 0.1) is 18.0 Å². The maximum atomic E-state index is 13.5. The van der Waals surface area contributed by atoms with Crippen LogP contribution in [0.2, 0.25) is 5.02 Å². The van der Waals surface area contributed by atoms with Crippen LogP contribution >= 0.6 is 11.6 Å². The van der Waals surface area contributed by atoms with Crippen molar-refractivity contribution in [1.29, 1.82) is 0 Å². The molecule has 32 heavy (non-hydrogen) atoms. The van der Waals surface area contributed by atoms with Gasteiger partial charge in [-0.05, 0) is 48.7 Å². The maximum Gasteiger partial charge on any atom is 0.244 e. The molecule has 0 heterocycles. The van der Waals surface area contributed by atoms with E-state index in [4.69, 9.17) is 11.6 Å². The number of carbonyl (C=O) groups excluding carboxylic acids is 1. The summed E-state index contributed by atoms with van der Waals surface area (Å²) in [5.41, 5.74) is 3.34. The number of aryl methyl sites for hydroxylation is 1. The third kappa shape index (κ3) is 5.69. The van der Waals surface area contributed by atoms with Gasteiger partial charge >= 0.3 is 0 Å². The quantitative estimate of drug-likeness (QED) is 0.498. The van der Waals surface area contributed by atoms with E-state index in [-0.39, 0.29) is 5.91 Å². The molecule has 3 rings (SSSR count). The molecule has 0 aliphatic heterocycles. The molecule has 3 aromatic rings. The van der Waals surface area contributed by atoms with Crippen LogP contribution < -0.4 is 9.62 Å². The lowest BCUT2D eigenvalue weighted by atomic mass is 9.97. The van der Waals surface area contributed by atoms with Crippen LogP contribution in [-0.2, 0) is 14.8 Å². The van der Waals surface area contributed by atoms with E-state index >= 15 is 0 Å². The summed E-state index contributed by atoms with van der Waals surface area (Å²) in [6, 6.07) is 22.7. The molecule has 0 bridgehead atoms. The summed E-state index contributed by atoms with van der Waals surface area (Å²) in [5.74, 6) is -0.373.